The van der Waals surface area contributed by atoms with Gasteiger partial charge in [0.05, 0.1) is 12.6 Å². The minimum atomic E-state index is -2.34. The van der Waals surface area contributed by atoms with Crippen LogP contribution in [0.1, 0.15) is 12.8 Å². The van der Waals surface area contributed by atoms with E-state index in [9.17, 15) is 50.4 Å². The Hall–Kier alpha value is -0.500. The number of carbonyl (C=O) groups excluding carboxylic acids is 2. The van der Waals surface area contributed by atoms with Crippen LogP contribution in [0.4, 0.5) is 0 Å². The summed E-state index contributed by atoms with van der Waals surface area (Å²) in [6, 6.07) is -1.39. The number of rotatable bonds is 10. The van der Waals surface area contributed by atoms with E-state index in [4.69, 9.17) is 24.7 Å². The molecule has 2 rings (SSSR count). The molecule has 2 aliphatic rings. The minimum absolute atomic E-state index is 0. The maximum atomic E-state index is 11.8. The van der Waals surface area contributed by atoms with E-state index in [1.807, 2.05) is 0 Å². The number of aliphatic carboxylic acids is 1. The van der Waals surface area contributed by atoms with Crippen molar-refractivity contribution in [3.05, 3.63) is 0 Å². The summed E-state index contributed by atoms with van der Waals surface area (Å²) in [4.78, 5) is 22.3. The van der Waals surface area contributed by atoms with Crippen LogP contribution in [0.15, 0.2) is 0 Å². The van der Waals surface area contributed by atoms with Crippen molar-refractivity contribution in [3.8, 4) is 0 Å². The van der Waals surface area contributed by atoms with Crippen LogP contribution in [0, 0.1) is 0 Å². The molecule has 0 radical (unpaired) electrons. The summed E-state index contributed by atoms with van der Waals surface area (Å²) >= 11 is 0. The number of aliphatic hydroxyl groups excluding tert-OH is 7. The van der Waals surface area contributed by atoms with Crippen LogP contribution in [0.3, 0.4) is 0 Å². The van der Waals surface area contributed by atoms with Gasteiger partial charge in [-0.3, -0.25) is 4.79 Å². The van der Waals surface area contributed by atoms with Crippen LogP contribution >= 0.6 is 0 Å². The number of carbonyl (C=O) groups is 2. The molecule has 0 amide bonds. The second-order valence-electron chi connectivity index (χ2n) is 7.52. The van der Waals surface area contributed by atoms with Gasteiger partial charge < -0.3 is 70.3 Å². The second-order valence-corrected chi connectivity index (χ2v) is 7.52. The van der Waals surface area contributed by atoms with Gasteiger partial charge in [0.1, 0.15) is 55.9 Å². The van der Waals surface area contributed by atoms with Gasteiger partial charge in [-0.15, -0.1) is 0 Å². The molecule has 0 unspecified atom stereocenters. The molecule has 186 valence electrons. The molecule has 0 aromatic carbocycles. The molecule has 0 saturated carbocycles. The SMILES string of the molecule is N[C@@H](CCC(=O)OC[C@H]1O[C@H](O[C@]2(CO)O[C@H](CO)[C@@H](O)[C@@H]2O)[C@H](O)[C@@H](O)[C@@H]1O)C(=O)[O-].[Na+]. The number of nitrogens with two attached hydrogens (primary N) is 1. The molecule has 10 atom stereocenters. The first-order chi connectivity index (χ1) is 15.0. The Bertz CT molecular complexity index is 657. The van der Waals surface area contributed by atoms with Crippen LogP contribution in [0.5, 0.6) is 0 Å². The summed E-state index contributed by atoms with van der Waals surface area (Å²) < 4.78 is 20.7. The summed E-state index contributed by atoms with van der Waals surface area (Å²) in [7, 11) is 0. The van der Waals surface area contributed by atoms with Gasteiger partial charge in [-0.25, -0.2) is 0 Å². The zero-order valence-corrected chi connectivity index (χ0v) is 19.8. The Kier molecular flexibility index (Phi) is 12.0. The molecule has 0 aromatic heterocycles. The molecule has 33 heavy (non-hydrogen) atoms. The largest absolute Gasteiger partial charge is 1.00 e. The molecule has 0 spiro atoms. The van der Waals surface area contributed by atoms with Gasteiger partial charge in [-0.2, -0.15) is 0 Å². The Labute approximate surface area is 209 Å². The van der Waals surface area contributed by atoms with E-state index >= 15 is 0 Å². The average Bonchev–Trinajstić information content (AvgIpc) is 3.01. The third kappa shape index (κ3) is 7.02. The van der Waals surface area contributed by atoms with Crippen molar-refractivity contribution in [2.75, 3.05) is 19.8 Å². The predicted molar refractivity (Wildman–Crippen MR) is 94.7 cm³/mol. The fourth-order valence-corrected chi connectivity index (χ4v) is 3.26. The standard InChI is InChI=1S/C17H29NO14.Na/c18-6(15(27)28)1-2-9(21)29-4-8-10(22)12(24)13(25)16(30-8)32-17(5-20)14(26)11(23)7(3-19)31-17;/h6-8,10-14,16,19-20,22-26H,1-5,18H2,(H,27,28);/q;+1/p-1/t6-,7+,8+,10+,11+,12-,13+,14-,16+,17-;/m0./s1. The molecule has 2 heterocycles. The molecule has 0 bridgehead atoms. The Morgan fingerprint density at radius 3 is 2.18 bits per heavy atom. The first kappa shape index (κ1) is 30.5. The number of hydrogen-bond donors (Lipinski definition) is 8. The van der Waals surface area contributed by atoms with Crippen molar-refractivity contribution >= 4 is 11.9 Å². The number of carboxylic acid groups (broad SMARTS) is 1. The number of carboxylic acids is 1. The monoisotopic (exact) mass is 493 g/mol. The van der Waals surface area contributed by atoms with Gasteiger partial charge in [0.25, 0.3) is 0 Å². The van der Waals surface area contributed by atoms with E-state index in [0.717, 1.165) is 0 Å². The molecule has 16 heteroatoms. The van der Waals surface area contributed by atoms with E-state index in [1.54, 1.807) is 0 Å². The Balaban J connectivity index is 0.00000544. The van der Waals surface area contributed by atoms with Crippen LogP contribution in [0.25, 0.3) is 0 Å². The van der Waals surface area contributed by atoms with Crippen LogP contribution in [-0.4, -0.2) is 128 Å². The van der Waals surface area contributed by atoms with Gasteiger partial charge >= 0.3 is 35.5 Å². The fourth-order valence-electron chi connectivity index (χ4n) is 3.26. The molecule has 9 N–H and O–H groups in total. The van der Waals surface area contributed by atoms with Gasteiger partial charge in [0.2, 0.25) is 5.79 Å². The molecule has 2 fully saturated rings. The van der Waals surface area contributed by atoms with Gasteiger partial charge in [-0.1, -0.05) is 0 Å². The Morgan fingerprint density at radius 2 is 1.67 bits per heavy atom. The van der Waals surface area contributed by atoms with E-state index in [0.29, 0.717) is 0 Å². The molecule has 0 aliphatic carbocycles. The summed E-state index contributed by atoms with van der Waals surface area (Å²) in [5.41, 5.74) is 5.22. The van der Waals surface area contributed by atoms with Crippen molar-refractivity contribution in [1.29, 1.82) is 0 Å². The zero-order chi connectivity index (χ0) is 24.2. The predicted octanol–water partition coefficient (Wildman–Crippen LogP) is -9.98. The quantitative estimate of drug-likeness (QED) is 0.104. The third-order valence-corrected chi connectivity index (χ3v) is 5.26. The van der Waals surface area contributed by atoms with Gasteiger partial charge in [-0.05, 0) is 6.42 Å². The van der Waals surface area contributed by atoms with Gasteiger partial charge in [0.15, 0.2) is 6.29 Å². The van der Waals surface area contributed by atoms with Crippen molar-refractivity contribution < 1.29 is 98.9 Å². The minimum Gasteiger partial charge on any atom is -0.548 e. The second kappa shape index (κ2) is 13.0. The van der Waals surface area contributed by atoms with Crippen LogP contribution in [-0.2, 0) is 28.5 Å². The van der Waals surface area contributed by atoms with E-state index in [2.05, 4.69) is 0 Å². The van der Waals surface area contributed by atoms with Crippen molar-refractivity contribution in [1.82, 2.24) is 0 Å². The van der Waals surface area contributed by atoms with Crippen LogP contribution < -0.4 is 40.4 Å². The summed E-state index contributed by atoms with van der Waals surface area (Å²) in [6.45, 7) is -2.44. The normalized spacial score (nSPS) is 39.5. The zero-order valence-electron chi connectivity index (χ0n) is 17.8. The Morgan fingerprint density at radius 1 is 1.03 bits per heavy atom. The van der Waals surface area contributed by atoms with Gasteiger partial charge in [0, 0.05) is 12.5 Å². The molecular formula is C17H28NNaO14. The molecule has 2 aliphatic heterocycles. The average molecular weight is 493 g/mol. The molecular weight excluding hydrogens is 465 g/mol. The first-order valence-electron chi connectivity index (χ1n) is 9.72. The number of ether oxygens (including phenoxy) is 4. The number of esters is 1. The van der Waals surface area contributed by atoms with E-state index < -0.39 is 99.0 Å². The summed E-state index contributed by atoms with van der Waals surface area (Å²) in [5, 5.41) is 79.9. The number of aliphatic hydroxyl groups is 7. The van der Waals surface area contributed by atoms with Crippen molar-refractivity contribution in [2.45, 2.75) is 73.7 Å². The van der Waals surface area contributed by atoms with E-state index in [-0.39, 0.29) is 36.0 Å². The molecule has 0 aromatic rings. The fraction of sp³-hybridized carbons (Fsp3) is 0.882. The maximum absolute atomic E-state index is 11.8. The summed E-state index contributed by atoms with van der Waals surface area (Å²) in [6.07, 6.45) is -14.4. The topological polar surface area (TPSA) is 262 Å². The molecule has 15 nitrogen and oxygen atoms in total. The molecule has 2 saturated heterocycles. The van der Waals surface area contributed by atoms with Crippen molar-refractivity contribution in [2.24, 2.45) is 5.73 Å². The first-order valence-corrected chi connectivity index (χ1v) is 9.72. The maximum Gasteiger partial charge on any atom is 1.00 e. The smallest absolute Gasteiger partial charge is 0.548 e. The van der Waals surface area contributed by atoms with E-state index in [1.165, 1.54) is 0 Å². The van der Waals surface area contributed by atoms with Crippen LogP contribution in [0.2, 0.25) is 0 Å². The van der Waals surface area contributed by atoms with Crippen molar-refractivity contribution in [3.63, 3.8) is 0 Å². The summed E-state index contributed by atoms with van der Waals surface area (Å²) in [5.74, 6) is -4.79. The number of hydrogen-bond acceptors (Lipinski definition) is 15. The third-order valence-electron chi connectivity index (χ3n) is 5.26.